The van der Waals surface area contributed by atoms with Crippen molar-refractivity contribution in [1.82, 2.24) is 15.1 Å². The quantitative estimate of drug-likeness (QED) is 0.853. The normalized spacial score (nSPS) is 11.9. The Balaban J connectivity index is 2.32. The van der Waals surface area contributed by atoms with Gasteiger partial charge in [-0.05, 0) is 31.5 Å². The molecule has 0 aliphatic rings. The first kappa shape index (κ1) is 15.6. The molecular weight excluding hydrogens is 279 g/mol. The summed E-state index contributed by atoms with van der Waals surface area (Å²) in [6.45, 7) is 5.48. The van der Waals surface area contributed by atoms with Gasteiger partial charge in [-0.3, -0.25) is 0 Å². The van der Waals surface area contributed by atoms with Gasteiger partial charge in [-0.2, -0.15) is 18.3 Å². The average Bonchev–Trinajstić information content (AvgIpc) is 2.88. The highest BCUT2D eigenvalue weighted by Gasteiger charge is 2.32. The molecule has 6 heteroatoms. The van der Waals surface area contributed by atoms with Crippen LogP contribution in [0.15, 0.2) is 30.6 Å². The molecular formula is C15H18F3N3. The zero-order valence-electron chi connectivity index (χ0n) is 12.0. The Labute approximate surface area is 121 Å². The van der Waals surface area contributed by atoms with E-state index >= 15 is 0 Å². The molecule has 0 spiro atoms. The van der Waals surface area contributed by atoms with E-state index in [4.69, 9.17) is 0 Å². The fourth-order valence-electron chi connectivity index (χ4n) is 2.08. The van der Waals surface area contributed by atoms with Crippen molar-refractivity contribution >= 4 is 0 Å². The molecule has 0 radical (unpaired) electrons. The van der Waals surface area contributed by atoms with Crippen molar-refractivity contribution in [1.29, 1.82) is 0 Å². The van der Waals surface area contributed by atoms with Crippen LogP contribution in [0.5, 0.6) is 0 Å². The summed E-state index contributed by atoms with van der Waals surface area (Å²) in [5, 5.41) is 7.10. The molecule has 0 fully saturated rings. The number of hydrogen-bond donors (Lipinski definition) is 1. The smallest absolute Gasteiger partial charge is 0.313 e. The molecule has 1 aromatic carbocycles. The number of aromatic nitrogens is 2. The standard InChI is InChI=1S/C15H18F3N3/c1-3-6-19-8-12-7-11(2)4-5-14(12)21-10-13(9-20-21)15(16,17)18/h4-5,7,9-10,19H,3,6,8H2,1-2H3. The van der Waals surface area contributed by atoms with Crippen LogP contribution in [0.2, 0.25) is 0 Å². The first-order valence-electron chi connectivity index (χ1n) is 6.84. The fourth-order valence-corrected chi connectivity index (χ4v) is 2.08. The predicted molar refractivity (Wildman–Crippen MR) is 75.3 cm³/mol. The monoisotopic (exact) mass is 297 g/mol. The predicted octanol–water partition coefficient (Wildman–Crippen LogP) is 3.70. The lowest BCUT2D eigenvalue weighted by atomic mass is 10.1. The molecule has 1 heterocycles. The van der Waals surface area contributed by atoms with Gasteiger partial charge in [-0.1, -0.05) is 24.6 Å². The maximum absolute atomic E-state index is 12.7. The van der Waals surface area contributed by atoms with Crippen LogP contribution in [0.3, 0.4) is 0 Å². The topological polar surface area (TPSA) is 29.9 Å². The van der Waals surface area contributed by atoms with E-state index in [1.807, 2.05) is 19.1 Å². The minimum absolute atomic E-state index is 0.603. The number of halogens is 3. The van der Waals surface area contributed by atoms with Gasteiger partial charge in [0.25, 0.3) is 0 Å². The van der Waals surface area contributed by atoms with Crippen LogP contribution in [0.1, 0.15) is 30.0 Å². The maximum atomic E-state index is 12.7. The van der Waals surface area contributed by atoms with Crippen molar-refractivity contribution in [3.05, 3.63) is 47.3 Å². The molecule has 2 rings (SSSR count). The second-order valence-corrected chi connectivity index (χ2v) is 4.98. The average molecular weight is 297 g/mol. The van der Waals surface area contributed by atoms with Crippen LogP contribution in [0, 0.1) is 6.92 Å². The molecule has 0 saturated heterocycles. The lowest BCUT2D eigenvalue weighted by molar-refractivity contribution is -0.137. The molecule has 0 saturated carbocycles. The van der Waals surface area contributed by atoms with Gasteiger partial charge >= 0.3 is 6.18 Å². The molecule has 1 aromatic heterocycles. The van der Waals surface area contributed by atoms with Gasteiger partial charge in [-0.25, -0.2) is 4.68 Å². The summed E-state index contributed by atoms with van der Waals surface area (Å²) < 4.78 is 39.3. The minimum atomic E-state index is -4.37. The first-order chi connectivity index (χ1) is 9.91. The Bertz CT molecular complexity index is 602. The molecule has 1 N–H and O–H groups in total. The molecule has 0 aliphatic carbocycles. The molecule has 2 aromatic rings. The molecule has 21 heavy (non-hydrogen) atoms. The van der Waals surface area contributed by atoms with Crippen LogP contribution in [0.4, 0.5) is 13.2 Å². The molecule has 0 atom stereocenters. The lowest BCUT2D eigenvalue weighted by Gasteiger charge is -2.11. The maximum Gasteiger partial charge on any atom is 0.419 e. The Morgan fingerprint density at radius 3 is 2.67 bits per heavy atom. The lowest BCUT2D eigenvalue weighted by Crippen LogP contribution is -2.16. The number of hydrogen-bond acceptors (Lipinski definition) is 2. The number of benzene rings is 1. The molecule has 0 aliphatic heterocycles. The highest BCUT2D eigenvalue weighted by atomic mass is 19.4. The number of nitrogens with zero attached hydrogens (tertiary/aromatic N) is 2. The fraction of sp³-hybridized carbons (Fsp3) is 0.400. The molecule has 0 amide bonds. The van der Waals surface area contributed by atoms with E-state index in [1.165, 1.54) is 4.68 Å². The second-order valence-electron chi connectivity index (χ2n) is 4.98. The van der Waals surface area contributed by atoms with E-state index < -0.39 is 11.7 Å². The van der Waals surface area contributed by atoms with Gasteiger partial charge in [0.15, 0.2) is 0 Å². The summed E-state index contributed by atoms with van der Waals surface area (Å²) in [6, 6.07) is 5.63. The van der Waals surface area contributed by atoms with Crippen molar-refractivity contribution in [2.75, 3.05) is 6.54 Å². The SMILES string of the molecule is CCCNCc1cc(C)ccc1-n1cc(C(F)(F)F)cn1. The second kappa shape index (κ2) is 6.30. The van der Waals surface area contributed by atoms with Crippen molar-refractivity contribution in [3.8, 4) is 5.69 Å². The van der Waals surface area contributed by atoms with E-state index in [-0.39, 0.29) is 0 Å². The zero-order chi connectivity index (χ0) is 15.5. The third kappa shape index (κ3) is 3.85. The highest BCUT2D eigenvalue weighted by molar-refractivity contribution is 5.43. The summed E-state index contributed by atoms with van der Waals surface area (Å²) in [7, 11) is 0. The van der Waals surface area contributed by atoms with Crippen LogP contribution >= 0.6 is 0 Å². The summed E-state index contributed by atoms with van der Waals surface area (Å²) in [5.74, 6) is 0. The summed E-state index contributed by atoms with van der Waals surface area (Å²) in [6.07, 6.45) is -1.50. The van der Waals surface area contributed by atoms with E-state index in [0.717, 1.165) is 36.5 Å². The summed E-state index contributed by atoms with van der Waals surface area (Å²) in [4.78, 5) is 0. The Kier molecular flexibility index (Phi) is 4.67. The molecule has 0 bridgehead atoms. The van der Waals surface area contributed by atoms with Crippen LogP contribution in [-0.4, -0.2) is 16.3 Å². The van der Waals surface area contributed by atoms with Crippen molar-refractivity contribution in [2.45, 2.75) is 33.0 Å². The van der Waals surface area contributed by atoms with E-state index in [0.29, 0.717) is 12.2 Å². The van der Waals surface area contributed by atoms with E-state index in [9.17, 15) is 13.2 Å². The summed E-state index contributed by atoms with van der Waals surface area (Å²) >= 11 is 0. The van der Waals surface area contributed by atoms with Crippen molar-refractivity contribution in [3.63, 3.8) is 0 Å². The number of aryl methyl sites for hydroxylation is 1. The first-order valence-corrected chi connectivity index (χ1v) is 6.84. The summed E-state index contributed by atoms with van der Waals surface area (Å²) in [5.41, 5.74) is 1.92. The molecule has 3 nitrogen and oxygen atoms in total. The highest BCUT2D eigenvalue weighted by Crippen LogP contribution is 2.29. The van der Waals surface area contributed by atoms with E-state index in [1.54, 1.807) is 6.07 Å². The Morgan fingerprint density at radius 2 is 2.05 bits per heavy atom. The molecule has 114 valence electrons. The van der Waals surface area contributed by atoms with Gasteiger partial charge in [0, 0.05) is 12.7 Å². The minimum Gasteiger partial charge on any atom is -0.313 e. The van der Waals surface area contributed by atoms with Gasteiger partial charge in [-0.15, -0.1) is 0 Å². The van der Waals surface area contributed by atoms with Crippen molar-refractivity contribution in [2.24, 2.45) is 0 Å². The number of alkyl halides is 3. The van der Waals surface area contributed by atoms with Gasteiger partial charge in [0.05, 0.1) is 17.4 Å². The number of rotatable bonds is 5. The molecule has 0 unspecified atom stereocenters. The Morgan fingerprint density at radius 1 is 1.29 bits per heavy atom. The van der Waals surface area contributed by atoms with E-state index in [2.05, 4.69) is 17.3 Å². The van der Waals surface area contributed by atoms with Crippen LogP contribution in [0.25, 0.3) is 5.69 Å². The van der Waals surface area contributed by atoms with Gasteiger partial charge < -0.3 is 5.32 Å². The third-order valence-corrected chi connectivity index (χ3v) is 3.13. The Hall–Kier alpha value is -1.82. The third-order valence-electron chi connectivity index (χ3n) is 3.13. The van der Waals surface area contributed by atoms with Crippen molar-refractivity contribution < 1.29 is 13.2 Å². The largest absolute Gasteiger partial charge is 0.419 e. The van der Waals surface area contributed by atoms with Gasteiger partial charge in [0.2, 0.25) is 0 Å². The van der Waals surface area contributed by atoms with Crippen LogP contribution in [-0.2, 0) is 12.7 Å². The zero-order valence-corrected chi connectivity index (χ0v) is 12.0. The van der Waals surface area contributed by atoms with Gasteiger partial charge in [0.1, 0.15) is 0 Å². The van der Waals surface area contributed by atoms with Crippen LogP contribution < -0.4 is 5.32 Å². The number of nitrogens with one attached hydrogen (secondary N) is 1.